The van der Waals surface area contributed by atoms with Gasteiger partial charge in [0.15, 0.2) is 5.82 Å². The third-order valence-corrected chi connectivity index (χ3v) is 3.26. The van der Waals surface area contributed by atoms with Crippen molar-refractivity contribution in [2.45, 2.75) is 0 Å². The molecule has 1 heterocycles. The molecule has 0 unspecified atom stereocenters. The molecule has 19 heavy (non-hydrogen) atoms. The van der Waals surface area contributed by atoms with Crippen LogP contribution in [-0.4, -0.2) is 34.9 Å². The molecule has 0 amide bonds. The van der Waals surface area contributed by atoms with Crippen molar-refractivity contribution in [2.24, 2.45) is 0 Å². The minimum Gasteiger partial charge on any atom is -0.480 e. The van der Waals surface area contributed by atoms with Gasteiger partial charge in [0.05, 0.1) is 5.69 Å². The van der Waals surface area contributed by atoms with Gasteiger partial charge in [0.2, 0.25) is 0 Å². The van der Waals surface area contributed by atoms with Gasteiger partial charge < -0.3 is 10.0 Å². The van der Waals surface area contributed by atoms with Crippen molar-refractivity contribution in [3.05, 3.63) is 40.9 Å². The number of benzene rings is 1. The number of carboxylic acid groups (broad SMARTS) is 1. The molecule has 0 atom stereocenters. The van der Waals surface area contributed by atoms with Crippen LogP contribution in [0.2, 0.25) is 0 Å². The summed E-state index contributed by atoms with van der Waals surface area (Å²) in [6, 6.07) is 11.3. The van der Waals surface area contributed by atoms with E-state index in [0.29, 0.717) is 5.82 Å². The van der Waals surface area contributed by atoms with Gasteiger partial charge in [-0.3, -0.25) is 4.79 Å². The third kappa shape index (κ3) is 3.29. The molecule has 1 N–H and O–H groups in total. The van der Waals surface area contributed by atoms with E-state index in [1.165, 1.54) is 4.90 Å². The first-order valence-electron chi connectivity index (χ1n) is 5.59. The fraction of sp³-hybridized carbons (Fsp3) is 0.154. The van der Waals surface area contributed by atoms with Crippen LogP contribution in [0.3, 0.4) is 0 Å². The number of carbonyl (C=O) groups is 1. The molecule has 5 nitrogen and oxygen atoms in total. The Bertz CT molecular complexity index is 587. The summed E-state index contributed by atoms with van der Waals surface area (Å²) in [5.74, 6) is -0.377. The molecular formula is C13H12BrN3O2. The third-order valence-electron chi connectivity index (χ3n) is 2.56. The Balaban J connectivity index is 2.24. The summed E-state index contributed by atoms with van der Waals surface area (Å²) in [7, 11) is 1.66. The summed E-state index contributed by atoms with van der Waals surface area (Å²) in [6.45, 7) is -0.108. The standard InChI is InChI=1S/C13H12BrN3O2/c1-17(8-13(18)19)12-7-6-11(15-16-12)9-4-2-3-5-10(9)14/h2-7H,8H2,1H3,(H,18,19). The second-order valence-electron chi connectivity index (χ2n) is 4.01. The Kier molecular flexibility index (Phi) is 4.11. The lowest BCUT2D eigenvalue weighted by Gasteiger charge is -2.14. The van der Waals surface area contributed by atoms with Crippen LogP contribution in [0, 0.1) is 0 Å². The number of anilines is 1. The summed E-state index contributed by atoms with van der Waals surface area (Å²) in [6.07, 6.45) is 0. The number of aromatic nitrogens is 2. The van der Waals surface area contributed by atoms with E-state index in [4.69, 9.17) is 5.11 Å². The number of rotatable bonds is 4. The zero-order chi connectivity index (χ0) is 13.8. The van der Waals surface area contributed by atoms with Gasteiger partial charge in [-0.2, -0.15) is 0 Å². The van der Waals surface area contributed by atoms with Crippen molar-refractivity contribution < 1.29 is 9.90 Å². The average Bonchev–Trinajstić information content (AvgIpc) is 2.39. The number of halogens is 1. The number of likely N-dealkylation sites (N-methyl/N-ethyl adjacent to an activating group) is 1. The van der Waals surface area contributed by atoms with Crippen molar-refractivity contribution >= 4 is 27.7 Å². The molecule has 98 valence electrons. The Hall–Kier alpha value is -1.95. The smallest absolute Gasteiger partial charge is 0.323 e. The van der Waals surface area contributed by atoms with Crippen LogP contribution < -0.4 is 4.90 Å². The second kappa shape index (κ2) is 5.79. The first-order valence-corrected chi connectivity index (χ1v) is 6.39. The molecule has 0 saturated heterocycles. The lowest BCUT2D eigenvalue weighted by molar-refractivity contribution is -0.135. The Morgan fingerprint density at radius 1 is 1.26 bits per heavy atom. The molecule has 2 aromatic rings. The van der Waals surface area contributed by atoms with Crippen LogP contribution in [0.1, 0.15) is 0 Å². The van der Waals surface area contributed by atoms with Crippen LogP contribution in [-0.2, 0) is 4.79 Å². The van der Waals surface area contributed by atoms with Crippen LogP contribution in [0.4, 0.5) is 5.82 Å². The van der Waals surface area contributed by atoms with E-state index < -0.39 is 5.97 Å². The number of hydrogen-bond donors (Lipinski definition) is 1. The topological polar surface area (TPSA) is 66.3 Å². The predicted octanol–water partition coefficient (Wildman–Crippen LogP) is 2.43. The van der Waals surface area contributed by atoms with E-state index in [-0.39, 0.29) is 6.54 Å². The number of aliphatic carboxylic acids is 1. The Morgan fingerprint density at radius 2 is 2.00 bits per heavy atom. The van der Waals surface area contributed by atoms with Crippen LogP contribution in [0.5, 0.6) is 0 Å². The van der Waals surface area contributed by atoms with Crippen molar-refractivity contribution in [2.75, 3.05) is 18.5 Å². The molecule has 2 rings (SSSR count). The van der Waals surface area contributed by atoms with Gasteiger partial charge in [-0.15, -0.1) is 10.2 Å². The summed E-state index contributed by atoms with van der Waals surface area (Å²) in [5, 5.41) is 16.9. The molecule has 6 heteroatoms. The maximum absolute atomic E-state index is 10.6. The van der Waals surface area contributed by atoms with Crippen molar-refractivity contribution in [1.29, 1.82) is 0 Å². The fourth-order valence-corrected chi connectivity index (χ4v) is 2.11. The van der Waals surface area contributed by atoms with Crippen molar-refractivity contribution in [3.63, 3.8) is 0 Å². The highest BCUT2D eigenvalue weighted by Crippen LogP contribution is 2.26. The first-order chi connectivity index (χ1) is 9.08. The summed E-state index contributed by atoms with van der Waals surface area (Å²) < 4.78 is 0.941. The van der Waals surface area contributed by atoms with Gasteiger partial charge in [0.25, 0.3) is 0 Å². The normalized spacial score (nSPS) is 10.2. The zero-order valence-corrected chi connectivity index (χ0v) is 11.8. The summed E-state index contributed by atoms with van der Waals surface area (Å²) in [4.78, 5) is 12.1. The monoisotopic (exact) mass is 321 g/mol. The van der Waals surface area contributed by atoms with Gasteiger partial charge in [0.1, 0.15) is 6.54 Å². The highest BCUT2D eigenvalue weighted by molar-refractivity contribution is 9.10. The Labute approximate surface area is 119 Å². The lowest BCUT2D eigenvalue weighted by Crippen LogP contribution is -2.26. The molecule has 0 saturated carbocycles. The predicted molar refractivity (Wildman–Crippen MR) is 76.1 cm³/mol. The molecule has 0 aliphatic carbocycles. The largest absolute Gasteiger partial charge is 0.480 e. The minimum absolute atomic E-state index is 0.108. The van der Waals surface area contributed by atoms with Crippen LogP contribution >= 0.6 is 15.9 Å². The molecule has 0 fully saturated rings. The van der Waals surface area contributed by atoms with Crippen molar-refractivity contribution in [1.82, 2.24) is 10.2 Å². The van der Waals surface area contributed by atoms with Crippen LogP contribution in [0.25, 0.3) is 11.3 Å². The molecule has 1 aromatic carbocycles. The number of nitrogens with zero attached hydrogens (tertiary/aromatic N) is 3. The minimum atomic E-state index is -0.904. The quantitative estimate of drug-likeness (QED) is 0.936. The van der Waals surface area contributed by atoms with E-state index in [2.05, 4.69) is 26.1 Å². The van der Waals surface area contributed by atoms with Gasteiger partial charge in [-0.05, 0) is 18.2 Å². The van der Waals surface area contributed by atoms with Gasteiger partial charge in [0, 0.05) is 17.1 Å². The first kappa shape index (κ1) is 13.5. The lowest BCUT2D eigenvalue weighted by atomic mass is 10.1. The maximum atomic E-state index is 10.6. The molecular weight excluding hydrogens is 310 g/mol. The molecule has 0 bridgehead atoms. The van der Waals surface area contributed by atoms with E-state index >= 15 is 0 Å². The highest BCUT2D eigenvalue weighted by Gasteiger charge is 2.09. The number of hydrogen-bond acceptors (Lipinski definition) is 4. The summed E-state index contributed by atoms with van der Waals surface area (Å²) >= 11 is 3.46. The van der Waals surface area contributed by atoms with E-state index in [1.807, 2.05) is 30.3 Å². The molecule has 0 spiro atoms. The van der Waals surface area contributed by atoms with E-state index in [1.54, 1.807) is 13.1 Å². The highest BCUT2D eigenvalue weighted by atomic mass is 79.9. The van der Waals surface area contributed by atoms with Gasteiger partial charge >= 0.3 is 5.97 Å². The fourth-order valence-electron chi connectivity index (χ4n) is 1.63. The maximum Gasteiger partial charge on any atom is 0.323 e. The molecule has 0 aliphatic heterocycles. The zero-order valence-electron chi connectivity index (χ0n) is 10.2. The Morgan fingerprint density at radius 3 is 2.58 bits per heavy atom. The average molecular weight is 322 g/mol. The molecule has 1 aromatic heterocycles. The van der Waals surface area contributed by atoms with E-state index in [0.717, 1.165) is 15.7 Å². The molecule has 0 radical (unpaired) electrons. The summed E-state index contributed by atoms with van der Waals surface area (Å²) in [5.41, 5.74) is 1.68. The van der Waals surface area contributed by atoms with Gasteiger partial charge in [-0.1, -0.05) is 34.1 Å². The van der Waals surface area contributed by atoms with Crippen LogP contribution in [0.15, 0.2) is 40.9 Å². The SMILES string of the molecule is CN(CC(=O)O)c1ccc(-c2ccccc2Br)nn1. The number of carboxylic acids is 1. The van der Waals surface area contributed by atoms with Gasteiger partial charge in [-0.25, -0.2) is 0 Å². The molecule has 0 aliphatic rings. The van der Waals surface area contributed by atoms with Crippen molar-refractivity contribution in [3.8, 4) is 11.3 Å². The second-order valence-corrected chi connectivity index (χ2v) is 4.86. The van der Waals surface area contributed by atoms with E-state index in [9.17, 15) is 4.79 Å².